The lowest BCUT2D eigenvalue weighted by molar-refractivity contribution is -0.0000159. The lowest BCUT2D eigenvalue weighted by atomic mass is 9.95. The highest BCUT2D eigenvalue weighted by Crippen LogP contribution is 2.35. The number of benzene rings is 1. The topological polar surface area (TPSA) is 74.6 Å². The number of aromatic nitrogens is 1. The van der Waals surface area contributed by atoms with E-state index in [0.29, 0.717) is 37.0 Å². The Morgan fingerprint density at radius 2 is 2.12 bits per heavy atom. The summed E-state index contributed by atoms with van der Waals surface area (Å²) in [6.07, 6.45) is 1.31. The van der Waals surface area contributed by atoms with Crippen LogP contribution in [0.15, 0.2) is 16.9 Å². The van der Waals surface area contributed by atoms with Gasteiger partial charge in [-0.15, -0.1) is 0 Å². The zero-order valence-electron chi connectivity index (χ0n) is 15.0. The van der Waals surface area contributed by atoms with Crippen LogP contribution in [0, 0.1) is 5.82 Å². The minimum absolute atomic E-state index is 0. The van der Waals surface area contributed by atoms with Crippen LogP contribution in [0.2, 0.25) is 0 Å². The van der Waals surface area contributed by atoms with Crippen LogP contribution >= 0.6 is 0 Å². The third-order valence-corrected chi connectivity index (χ3v) is 4.66. The fourth-order valence-corrected chi connectivity index (χ4v) is 3.37. The lowest BCUT2D eigenvalue weighted by Crippen LogP contribution is -3.00. The minimum Gasteiger partial charge on any atom is -1.00 e. The molecule has 1 aliphatic rings. The number of likely N-dealkylation sites (N-methyl/N-ethyl adjacent to an activating group) is 1. The predicted octanol–water partition coefficient (Wildman–Crippen LogP) is -1.35. The molecule has 8 heteroatoms. The zero-order valence-corrected chi connectivity index (χ0v) is 15.7. The Labute approximate surface area is 157 Å². The van der Waals surface area contributed by atoms with Gasteiger partial charge in [-0.3, -0.25) is 9.59 Å². The molecular weight excluding hydrogens is 361 g/mol. The maximum absolute atomic E-state index is 13.9. The molecule has 6 nitrogen and oxygen atoms in total. The van der Waals surface area contributed by atoms with E-state index in [0.717, 1.165) is 0 Å². The number of hydrogen-bond acceptors (Lipinski definition) is 4. The highest BCUT2D eigenvalue weighted by atomic mass is 35.5. The second kappa shape index (κ2) is 7.63. The number of carbonyl (C=O) groups is 1. The molecule has 3 rings (SSSR count). The van der Waals surface area contributed by atoms with E-state index >= 15 is 0 Å². The smallest absolute Gasteiger partial charge is 0.267 e. The van der Waals surface area contributed by atoms with Crippen molar-refractivity contribution in [3.63, 3.8) is 0 Å². The fourth-order valence-electron chi connectivity index (χ4n) is 3.37. The van der Waals surface area contributed by atoms with Crippen molar-refractivity contribution in [2.75, 3.05) is 27.2 Å². The maximum atomic E-state index is 13.9. The van der Waals surface area contributed by atoms with Crippen molar-refractivity contribution in [3.05, 3.63) is 39.4 Å². The Hall–Kier alpha value is -2.12. The van der Waals surface area contributed by atoms with Crippen LogP contribution in [0.3, 0.4) is 0 Å². The molecule has 0 saturated heterocycles. The number of nitrogens with one attached hydrogen (secondary N) is 1. The summed E-state index contributed by atoms with van der Waals surface area (Å²) in [6, 6.07) is 2.45. The van der Waals surface area contributed by atoms with Gasteiger partial charge in [0.15, 0.2) is 0 Å². The number of halogens is 2. The van der Waals surface area contributed by atoms with Gasteiger partial charge in [0, 0.05) is 24.5 Å². The Bertz CT molecular complexity index is 911. The molecule has 1 amide bonds. The summed E-state index contributed by atoms with van der Waals surface area (Å²) in [6.45, 7) is 2.83. The van der Waals surface area contributed by atoms with Gasteiger partial charge in [0.1, 0.15) is 17.1 Å². The van der Waals surface area contributed by atoms with Crippen LogP contribution in [0.4, 0.5) is 4.39 Å². The van der Waals surface area contributed by atoms with Gasteiger partial charge in [0.25, 0.3) is 11.5 Å². The second-order valence-electron chi connectivity index (χ2n) is 6.81. The van der Waals surface area contributed by atoms with Crippen LogP contribution in [0.1, 0.15) is 35.3 Å². The number of pyridine rings is 1. The average Bonchev–Trinajstić information content (AvgIpc) is 2.53. The normalized spacial score (nSPS) is 15.8. The van der Waals surface area contributed by atoms with E-state index in [1.54, 1.807) is 0 Å². The van der Waals surface area contributed by atoms with E-state index in [4.69, 9.17) is 0 Å². The molecule has 2 N–H and O–H groups in total. The first-order valence-electron chi connectivity index (χ1n) is 8.33. The number of rotatable bonds is 4. The number of aromatic hydroxyl groups is 1. The Morgan fingerprint density at radius 3 is 2.77 bits per heavy atom. The van der Waals surface area contributed by atoms with E-state index < -0.39 is 23.0 Å². The predicted molar refractivity (Wildman–Crippen MR) is 93.8 cm³/mol. The third kappa shape index (κ3) is 3.41. The number of hydrogen-bond donors (Lipinski definition) is 2. The molecule has 1 aromatic heterocycles. The van der Waals surface area contributed by atoms with Gasteiger partial charge in [-0.05, 0) is 51.6 Å². The Balaban J connectivity index is 0.00000243. The van der Waals surface area contributed by atoms with Gasteiger partial charge < -0.3 is 32.3 Å². The first-order chi connectivity index (χ1) is 11.8. The third-order valence-electron chi connectivity index (χ3n) is 4.66. The van der Waals surface area contributed by atoms with Crippen molar-refractivity contribution < 1.29 is 26.7 Å². The molecule has 1 aromatic carbocycles. The number of carbonyl (C=O) groups excluding carboxylic acids is 1. The van der Waals surface area contributed by atoms with Crippen LogP contribution in [-0.4, -0.2) is 47.7 Å². The van der Waals surface area contributed by atoms with Crippen molar-refractivity contribution in [2.45, 2.75) is 25.8 Å². The van der Waals surface area contributed by atoms with E-state index in [9.17, 15) is 19.1 Å². The van der Waals surface area contributed by atoms with Gasteiger partial charge in [0.05, 0.1) is 5.52 Å². The standard InChI is InChI=1S/C18H22FN3O3.ClH/c1-10-4-5-11-8-12(19)9-13-15(11)22(10)18(25)14(16(13)23)17(24)20-6-7-21(2)3;/h8-10,23H,4-7H2,1-3H3,(H,20,24);1H/p-1. The quantitative estimate of drug-likeness (QED) is 0.685. The Morgan fingerprint density at radius 1 is 1.42 bits per heavy atom. The molecule has 2 heterocycles. The average molecular weight is 383 g/mol. The van der Waals surface area contributed by atoms with E-state index in [1.165, 1.54) is 16.7 Å². The van der Waals surface area contributed by atoms with E-state index in [1.807, 2.05) is 25.9 Å². The van der Waals surface area contributed by atoms with Crippen LogP contribution < -0.4 is 23.3 Å². The fraction of sp³-hybridized carbons (Fsp3) is 0.444. The first-order valence-corrected chi connectivity index (χ1v) is 8.33. The van der Waals surface area contributed by atoms with Crippen molar-refractivity contribution in [2.24, 2.45) is 0 Å². The van der Waals surface area contributed by atoms with Gasteiger partial charge in [-0.25, -0.2) is 4.39 Å². The molecule has 0 spiro atoms. The molecular formula is C18H22ClFN3O3-. The highest BCUT2D eigenvalue weighted by Gasteiger charge is 2.28. The van der Waals surface area contributed by atoms with Crippen LogP contribution in [0.25, 0.3) is 10.9 Å². The summed E-state index contributed by atoms with van der Waals surface area (Å²) in [4.78, 5) is 27.3. The summed E-state index contributed by atoms with van der Waals surface area (Å²) in [5.41, 5.74) is 0.344. The van der Waals surface area contributed by atoms with Gasteiger partial charge in [0.2, 0.25) is 0 Å². The zero-order chi connectivity index (χ0) is 18.3. The summed E-state index contributed by atoms with van der Waals surface area (Å²) < 4.78 is 15.4. The minimum atomic E-state index is -0.640. The number of nitrogens with zero attached hydrogens (tertiary/aromatic N) is 2. The molecule has 26 heavy (non-hydrogen) atoms. The first kappa shape index (κ1) is 20.2. The van der Waals surface area contributed by atoms with E-state index in [-0.39, 0.29) is 29.4 Å². The number of amides is 1. The molecule has 142 valence electrons. The molecule has 2 aromatic rings. The van der Waals surface area contributed by atoms with Crippen molar-refractivity contribution >= 4 is 16.8 Å². The van der Waals surface area contributed by atoms with Gasteiger partial charge >= 0.3 is 0 Å². The van der Waals surface area contributed by atoms with Crippen LogP contribution in [0.5, 0.6) is 5.75 Å². The largest absolute Gasteiger partial charge is 1.00 e. The molecule has 1 atom stereocenters. The summed E-state index contributed by atoms with van der Waals surface area (Å²) >= 11 is 0. The number of aryl methyl sites for hydroxylation is 1. The van der Waals surface area contributed by atoms with Crippen molar-refractivity contribution in [3.8, 4) is 5.75 Å². The summed E-state index contributed by atoms with van der Waals surface area (Å²) in [5.74, 6) is -1.58. The second-order valence-corrected chi connectivity index (χ2v) is 6.81. The molecule has 1 aliphatic heterocycles. The monoisotopic (exact) mass is 382 g/mol. The van der Waals surface area contributed by atoms with Gasteiger partial charge in [-0.2, -0.15) is 0 Å². The molecule has 0 bridgehead atoms. The van der Waals surface area contributed by atoms with Gasteiger partial charge in [-0.1, -0.05) is 0 Å². The maximum Gasteiger partial charge on any atom is 0.267 e. The highest BCUT2D eigenvalue weighted by molar-refractivity contribution is 6.03. The Kier molecular flexibility index (Phi) is 5.93. The molecule has 0 fully saturated rings. The molecule has 0 aliphatic carbocycles. The molecule has 0 radical (unpaired) electrons. The lowest BCUT2D eigenvalue weighted by Gasteiger charge is -2.26. The van der Waals surface area contributed by atoms with Crippen molar-refractivity contribution in [1.29, 1.82) is 0 Å². The van der Waals surface area contributed by atoms with E-state index in [2.05, 4.69) is 5.32 Å². The SMILES string of the molecule is CC1CCc2cc(F)cc3c(O)c(C(=O)NCCN(C)C)c(=O)n1c23.[Cl-]. The molecule has 0 saturated carbocycles. The summed E-state index contributed by atoms with van der Waals surface area (Å²) in [7, 11) is 3.73. The summed E-state index contributed by atoms with van der Waals surface area (Å²) in [5, 5.41) is 13.4. The van der Waals surface area contributed by atoms with Crippen molar-refractivity contribution in [1.82, 2.24) is 14.8 Å². The van der Waals surface area contributed by atoms with Crippen LogP contribution in [-0.2, 0) is 6.42 Å². The molecule has 1 unspecified atom stereocenters.